The van der Waals surface area contributed by atoms with Crippen LogP contribution >= 0.6 is 0 Å². The third-order valence-corrected chi connectivity index (χ3v) is 4.33. The van der Waals surface area contributed by atoms with E-state index in [0.29, 0.717) is 0 Å². The molecule has 0 aliphatic carbocycles. The number of hydrogen-bond acceptors (Lipinski definition) is 1. The smallest absolute Gasteiger partial charge is 0.237 e. The van der Waals surface area contributed by atoms with Crippen LogP contribution in [0.4, 0.5) is 0 Å². The van der Waals surface area contributed by atoms with Crippen molar-refractivity contribution < 1.29 is 4.79 Å². The average Bonchev–Trinajstić information content (AvgIpc) is 2.59. The predicted octanol–water partition coefficient (Wildman–Crippen LogP) is 3.81. The van der Waals surface area contributed by atoms with Gasteiger partial charge in [0.1, 0.15) is 5.41 Å². The van der Waals surface area contributed by atoms with Crippen LogP contribution in [0.3, 0.4) is 0 Å². The quantitative estimate of drug-likeness (QED) is 0.732. The molecule has 3 aromatic carbocycles. The lowest BCUT2D eigenvalue weighted by Gasteiger charge is -2.33. The molecule has 0 saturated heterocycles. The molecule has 1 amide bonds. The van der Waals surface area contributed by atoms with E-state index in [1.54, 1.807) is 0 Å². The molecule has 0 aliphatic heterocycles. The Morgan fingerprint density at radius 3 is 1.61 bits per heavy atom. The predicted molar refractivity (Wildman–Crippen MR) is 93.1 cm³/mol. The van der Waals surface area contributed by atoms with Crippen molar-refractivity contribution in [1.82, 2.24) is 0 Å². The first-order valence-corrected chi connectivity index (χ1v) is 7.64. The van der Waals surface area contributed by atoms with Gasteiger partial charge in [-0.3, -0.25) is 4.79 Å². The summed E-state index contributed by atoms with van der Waals surface area (Å²) < 4.78 is 0. The second-order valence-electron chi connectivity index (χ2n) is 5.66. The zero-order valence-electron chi connectivity index (χ0n) is 13.1. The molecular formula is C21H19NO. The van der Waals surface area contributed by atoms with E-state index < -0.39 is 5.41 Å². The summed E-state index contributed by atoms with van der Waals surface area (Å²) >= 11 is 0. The van der Waals surface area contributed by atoms with E-state index in [9.17, 15) is 4.79 Å². The van der Waals surface area contributed by atoms with Crippen molar-refractivity contribution in [1.29, 1.82) is 0 Å². The third-order valence-electron chi connectivity index (χ3n) is 4.33. The summed E-state index contributed by atoms with van der Waals surface area (Å²) in [5.74, 6) is -0.371. The second kappa shape index (κ2) is 6.09. The maximum Gasteiger partial charge on any atom is 0.237 e. The number of carbonyl (C=O) groups is 1. The highest BCUT2D eigenvalue weighted by Gasteiger charge is 2.42. The first-order chi connectivity index (χ1) is 11.2. The molecule has 0 spiro atoms. The van der Waals surface area contributed by atoms with Crippen LogP contribution in [0.25, 0.3) is 0 Å². The van der Waals surface area contributed by atoms with Crippen LogP contribution in [-0.2, 0) is 10.2 Å². The summed E-state index contributed by atoms with van der Waals surface area (Å²) in [7, 11) is 0. The summed E-state index contributed by atoms with van der Waals surface area (Å²) in [6, 6.07) is 27.4. The van der Waals surface area contributed by atoms with E-state index in [4.69, 9.17) is 5.73 Å². The van der Waals surface area contributed by atoms with Crippen molar-refractivity contribution in [3.8, 4) is 0 Å². The summed E-state index contributed by atoms with van der Waals surface area (Å²) in [5.41, 5.74) is 8.73. The Bertz CT molecular complexity index is 770. The molecule has 23 heavy (non-hydrogen) atoms. The number of hydrogen-bond donors (Lipinski definition) is 1. The van der Waals surface area contributed by atoms with Crippen LogP contribution in [0.5, 0.6) is 0 Å². The summed E-state index contributed by atoms with van der Waals surface area (Å²) in [6.45, 7) is 2.01. The van der Waals surface area contributed by atoms with Crippen LogP contribution in [0.15, 0.2) is 84.9 Å². The lowest BCUT2D eigenvalue weighted by Crippen LogP contribution is -2.43. The summed E-state index contributed by atoms with van der Waals surface area (Å²) in [6.07, 6.45) is 0. The fourth-order valence-corrected chi connectivity index (χ4v) is 3.26. The maximum atomic E-state index is 12.8. The van der Waals surface area contributed by atoms with Gasteiger partial charge in [-0.05, 0) is 29.2 Å². The van der Waals surface area contributed by atoms with Crippen molar-refractivity contribution in [3.05, 3.63) is 107 Å². The van der Waals surface area contributed by atoms with Crippen LogP contribution in [0, 0.1) is 6.92 Å². The minimum Gasteiger partial charge on any atom is -0.368 e. The average molecular weight is 301 g/mol. The van der Waals surface area contributed by atoms with Gasteiger partial charge < -0.3 is 5.73 Å². The standard InChI is InChI=1S/C21H19NO/c1-16-10-8-9-15-19(16)21(20(22)23,17-11-4-2-5-12-17)18-13-6-3-7-14-18/h2-15H,1H3,(H2,22,23). The van der Waals surface area contributed by atoms with Gasteiger partial charge in [-0.15, -0.1) is 0 Å². The van der Waals surface area contributed by atoms with Gasteiger partial charge in [-0.1, -0.05) is 84.9 Å². The van der Waals surface area contributed by atoms with E-state index in [0.717, 1.165) is 22.3 Å². The molecule has 0 aromatic heterocycles. The fourth-order valence-electron chi connectivity index (χ4n) is 3.26. The number of rotatable bonds is 4. The minimum absolute atomic E-state index is 0.371. The molecule has 0 fully saturated rings. The summed E-state index contributed by atoms with van der Waals surface area (Å²) in [4.78, 5) is 12.8. The Hall–Kier alpha value is -2.87. The van der Waals surface area contributed by atoms with Gasteiger partial charge in [-0.25, -0.2) is 0 Å². The van der Waals surface area contributed by atoms with E-state index in [1.807, 2.05) is 91.9 Å². The first kappa shape index (κ1) is 15.0. The zero-order valence-corrected chi connectivity index (χ0v) is 13.1. The van der Waals surface area contributed by atoms with Crippen molar-refractivity contribution >= 4 is 5.91 Å². The number of aryl methyl sites for hydroxylation is 1. The van der Waals surface area contributed by atoms with Gasteiger partial charge in [0.25, 0.3) is 0 Å². The largest absolute Gasteiger partial charge is 0.368 e. The van der Waals surface area contributed by atoms with Crippen molar-refractivity contribution in [3.63, 3.8) is 0 Å². The first-order valence-electron chi connectivity index (χ1n) is 7.64. The molecule has 0 bridgehead atoms. The molecule has 0 saturated carbocycles. The Morgan fingerprint density at radius 1 is 0.739 bits per heavy atom. The van der Waals surface area contributed by atoms with Gasteiger partial charge >= 0.3 is 0 Å². The number of amides is 1. The van der Waals surface area contributed by atoms with E-state index in [-0.39, 0.29) is 5.91 Å². The van der Waals surface area contributed by atoms with E-state index >= 15 is 0 Å². The number of nitrogens with two attached hydrogens (primary N) is 1. The highest BCUT2D eigenvalue weighted by atomic mass is 16.1. The molecule has 3 aromatic rings. The van der Waals surface area contributed by atoms with Gasteiger partial charge in [0.15, 0.2) is 0 Å². The molecule has 2 N–H and O–H groups in total. The van der Waals surface area contributed by atoms with Crippen molar-refractivity contribution in [2.45, 2.75) is 12.3 Å². The maximum absolute atomic E-state index is 12.8. The molecule has 2 nitrogen and oxygen atoms in total. The number of carbonyl (C=O) groups excluding carboxylic acids is 1. The molecule has 0 atom stereocenters. The van der Waals surface area contributed by atoms with E-state index in [1.165, 1.54) is 0 Å². The van der Waals surface area contributed by atoms with Gasteiger partial charge in [0.2, 0.25) is 5.91 Å². The van der Waals surface area contributed by atoms with Gasteiger partial charge in [0.05, 0.1) is 0 Å². The third kappa shape index (κ3) is 2.42. The van der Waals surface area contributed by atoms with Crippen LogP contribution in [-0.4, -0.2) is 5.91 Å². The molecule has 114 valence electrons. The normalized spacial score (nSPS) is 11.2. The SMILES string of the molecule is Cc1ccccc1C(C(N)=O)(c1ccccc1)c1ccccc1. The minimum atomic E-state index is -0.992. The Balaban J connectivity index is 2.42. The highest BCUT2D eigenvalue weighted by molar-refractivity contribution is 5.95. The number of benzene rings is 3. The molecule has 0 radical (unpaired) electrons. The lowest BCUT2D eigenvalue weighted by atomic mass is 9.67. The molecular weight excluding hydrogens is 282 g/mol. The fraction of sp³-hybridized carbons (Fsp3) is 0.0952. The highest BCUT2D eigenvalue weighted by Crippen LogP contribution is 2.40. The zero-order chi connectivity index (χ0) is 16.3. The topological polar surface area (TPSA) is 43.1 Å². The number of primary amides is 1. The van der Waals surface area contributed by atoms with Crippen molar-refractivity contribution in [2.24, 2.45) is 5.73 Å². The van der Waals surface area contributed by atoms with E-state index in [2.05, 4.69) is 0 Å². The Morgan fingerprint density at radius 2 is 1.17 bits per heavy atom. The van der Waals surface area contributed by atoms with Gasteiger partial charge in [0, 0.05) is 0 Å². The van der Waals surface area contributed by atoms with Crippen LogP contribution in [0.2, 0.25) is 0 Å². The monoisotopic (exact) mass is 301 g/mol. The molecule has 0 unspecified atom stereocenters. The molecule has 2 heteroatoms. The second-order valence-corrected chi connectivity index (χ2v) is 5.66. The molecule has 0 aliphatic rings. The lowest BCUT2D eigenvalue weighted by molar-refractivity contribution is -0.121. The van der Waals surface area contributed by atoms with Crippen LogP contribution < -0.4 is 5.73 Å². The summed E-state index contributed by atoms with van der Waals surface area (Å²) in [5, 5.41) is 0. The van der Waals surface area contributed by atoms with Crippen LogP contribution in [0.1, 0.15) is 22.3 Å². The van der Waals surface area contributed by atoms with Gasteiger partial charge in [-0.2, -0.15) is 0 Å². The Kier molecular flexibility index (Phi) is 3.98. The molecule has 0 heterocycles. The molecule has 3 rings (SSSR count). The van der Waals surface area contributed by atoms with Crippen molar-refractivity contribution in [2.75, 3.05) is 0 Å². The Labute approximate surface area is 136 Å².